The van der Waals surface area contributed by atoms with Crippen molar-refractivity contribution in [2.24, 2.45) is 0 Å². The first-order valence-corrected chi connectivity index (χ1v) is 4.40. The molecule has 1 rings (SSSR count). The lowest BCUT2D eigenvalue weighted by atomic mass is 10.0. The highest BCUT2D eigenvalue weighted by Gasteiger charge is 1.96. The first kappa shape index (κ1) is 9.72. The summed E-state index contributed by atoms with van der Waals surface area (Å²) >= 11 is 0. The molecule has 0 bridgehead atoms. The van der Waals surface area contributed by atoms with E-state index in [2.05, 4.69) is 32.0 Å². The Morgan fingerprint density at radius 1 is 1.23 bits per heavy atom. The minimum absolute atomic E-state index is 1.14. The van der Waals surface area contributed by atoms with Gasteiger partial charge in [-0.3, -0.25) is 0 Å². The monoisotopic (exact) mass is 173 g/mol. The standard InChI is InChI=1S/C12H15N/c1-9-4-5-12(8-11(9)3)10(2)6-7-13/h4-8,13H,1-3H3/b10-6+,13-7?. The number of hydrogen-bond donors (Lipinski definition) is 1. The summed E-state index contributed by atoms with van der Waals surface area (Å²) in [5.74, 6) is 0. The molecule has 0 atom stereocenters. The molecule has 13 heavy (non-hydrogen) atoms. The molecule has 0 aliphatic rings. The molecule has 0 aliphatic heterocycles. The van der Waals surface area contributed by atoms with E-state index in [1.54, 1.807) is 0 Å². The van der Waals surface area contributed by atoms with Gasteiger partial charge in [0, 0.05) is 6.21 Å². The Morgan fingerprint density at radius 2 is 1.92 bits per heavy atom. The van der Waals surface area contributed by atoms with Crippen LogP contribution in [-0.2, 0) is 0 Å². The van der Waals surface area contributed by atoms with Crippen LogP contribution in [-0.4, -0.2) is 6.21 Å². The van der Waals surface area contributed by atoms with E-state index < -0.39 is 0 Å². The van der Waals surface area contributed by atoms with E-state index >= 15 is 0 Å². The van der Waals surface area contributed by atoms with Crippen molar-refractivity contribution in [2.45, 2.75) is 20.8 Å². The molecule has 0 heterocycles. The Bertz CT molecular complexity index is 348. The number of allylic oxidation sites excluding steroid dienone is 2. The lowest BCUT2D eigenvalue weighted by Crippen LogP contribution is -1.85. The fraction of sp³-hybridized carbons (Fsp3) is 0.250. The van der Waals surface area contributed by atoms with Crippen LogP contribution < -0.4 is 0 Å². The number of nitrogens with one attached hydrogen (secondary N) is 1. The van der Waals surface area contributed by atoms with Crippen molar-refractivity contribution in [3.63, 3.8) is 0 Å². The first-order valence-electron chi connectivity index (χ1n) is 4.40. The number of hydrogen-bond acceptors (Lipinski definition) is 1. The van der Waals surface area contributed by atoms with Crippen molar-refractivity contribution in [3.8, 4) is 0 Å². The molecule has 1 N–H and O–H groups in total. The fourth-order valence-corrected chi connectivity index (χ4v) is 1.21. The van der Waals surface area contributed by atoms with Gasteiger partial charge < -0.3 is 5.41 Å². The molecular formula is C12H15N. The summed E-state index contributed by atoms with van der Waals surface area (Å²) in [6.45, 7) is 6.24. The van der Waals surface area contributed by atoms with Gasteiger partial charge in [-0.25, -0.2) is 0 Å². The molecule has 0 radical (unpaired) electrons. The second-order valence-electron chi connectivity index (χ2n) is 3.32. The van der Waals surface area contributed by atoms with E-state index in [4.69, 9.17) is 5.41 Å². The van der Waals surface area contributed by atoms with Crippen LogP contribution in [0.15, 0.2) is 24.3 Å². The van der Waals surface area contributed by atoms with Crippen molar-refractivity contribution in [3.05, 3.63) is 41.0 Å². The number of rotatable bonds is 2. The first-order chi connectivity index (χ1) is 6.15. The molecule has 1 heteroatoms. The Morgan fingerprint density at radius 3 is 2.46 bits per heavy atom. The Labute approximate surface area is 79.6 Å². The van der Waals surface area contributed by atoms with Gasteiger partial charge >= 0.3 is 0 Å². The zero-order valence-corrected chi connectivity index (χ0v) is 8.39. The maximum atomic E-state index is 6.98. The molecule has 0 saturated carbocycles. The third-order valence-electron chi connectivity index (χ3n) is 2.30. The molecule has 1 nitrogen and oxygen atoms in total. The van der Waals surface area contributed by atoms with Crippen LogP contribution >= 0.6 is 0 Å². The van der Waals surface area contributed by atoms with Crippen molar-refractivity contribution in [2.75, 3.05) is 0 Å². The van der Waals surface area contributed by atoms with Crippen LogP contribution in [0.25, 0.3) is 5.57 Å². The molecule has 0 aromatic heterocycles. The van der Waals surface area contributed by atoms with Gasteiger partial charge in [0.15, 0.2) is 0 Å². The smallest absolute Gasteiger partial charge is 0.0180 e. The van der Waals surface area contributed by atoms with Crippen LogP contribution in [0.5, 0.6) is 0 Å². The maximum Gasteiger partial charge on any atom is 0.0180 e. The second kappa shape index (κ2) is 4.04. The fourth-order valence-electron chi connectivity index (χ4n) is 1.21. The summed E-state index contributed by atoms with van der Waals surface area (Å²) in [5.41, 5.74) is 4.95. The summed E-state index contributed by atoms with van der Waals surface area (Å²) in [4.78, 5) is 0. The molecule has 1 aromatic rings. The number of aryl methyl sites for hydroxylation is 2. The minimum Gasteiger partial charge on any atom is -0.309 e. The molecule has 0 fully saturated rings. The second-order valence-corrected chi connectivity index (χ2v) is 3.32. The molecule has 0 aliphatic carbocycles. The van der Waals surface area contributed by atoms with Crippen LogP contribution in [0.2, 0.25) is 0 Å². The molecule has 0 saturated heterocycles. The summed E-state index contributed by atoms with van der Waals surface area (Å²) in [6, 6.07) is 6.37. The number of benzene rings is 1. The summed E-state index contributed by atoms with van der Waals surface area (Å²) in [5, 5.41) is 6.98. The van der Waals surface area contributed by atoms with E-state index in [0.29, 0.717) is 0 Å². The highest BCUT2D eigenvalue weighted by atomic mass is 14.3. The van der Waals surface area contributed by atoms with Crippen LogP contribution in [0.3, 0.4) is 0 Å². The largest absolute Gasteiger partial charge is 0.309 e. The topological polar surface area (TPSA) is 23.9 Å². The third kappa shape index (κ3) is 2.28. The van der Waals surface area contributed by atoms with Crippen molar-refractivity contribution >= 4 is 11.8 Å². The Balaban J connectivity index is 3.10. The van der Waals surface area contributed by atoms with Gasteiger partial charge in [-0.15, -0.1) is 0 Å². The Hall–Kier alpha value is -1.37. The van der Waals surface area contributed by atoms with Gasteiger partial charge in [0.2, 0.25) is 0 Å². The van der Waals surface area contributed by atoms with Crippen LogP contribution in [0.1, 0.15) is 23.6 Å². The van der Waals surface area contributed by atoms with E-state index in [0.717, 1.165) is 5.57 Å². The molecular weight excluding hydrogens is 158 g/mol. The van der Waals surface area contributed by atoms with E-state index in [1.165, 1.54) is 22.9 Å². The van der Waals surface area contributed by atoms with Crippen molar-refractivity contribution < 1.29 is 0 Å². The van der Waals surface area contributed by atoms with Gasteiger partial charge in [0.1, 0.15) is 0 Å². The van der Waals surface area contributed by atoms with Crippen LogP contribution in [0, 0.1) is 19.3 Å². The quantitative estimate of drug-likeness (QED) is 0.663. The van der Waals surface area contributed by atoms with Gasteiger partial charge in [-0.05, 0) is 49.1 Å². The van der Waals surface area contributed by atoms with Gasteiger partial charge in [-0.2, -0.15) is 0 Å². The lowest BCUT2D eigenvalue weighted by Gasteiger charge is -2.04. The lowest BCUT2D eigenvalue weighted by molar-refractivity contribution is 1.33. The summed E-state index contributed by atoms with van der Waals surface area (Å²) in [6.07, 6.45) is 3.13. The van der Waals surface area contributed by atoms with Crippen molar-refractivity contribution in [1.82, 2.24) is 0 Å². The molecule has 68 valence electrons. The predicted octanol–water partition coefficient (Wildman–Crippen LogP) is 3.36. The minimum atomic E-state index is 1.14. The third-order valence-corrected chi connectivity index (χ3v) is 2.30. The SMILES string of the molecule is C/C(=C\C=N)c1ccc(C)c(C)c1. The average molecular weight is 173 g/mol. The average Bonchev–Trinajstić information content (AvgIpc) is 2.10. The highest BCUT2D eigenvalue weighted by Crippen LogP contribution is 2.16. The molecule has 1 aromatic carbocycles. The zero-order valence-electron chi connectivity index (χ0n) is 8.39. The molecule has 0 unspecified atom stereocenters. The van der Waals surface area contributed by atoms with Crippen LogP contribution in [0.4, 0.5) is 0 Å². The molecule has 0 amide bonds. The van der Waals surface area contributed by atoms with Crippen molar-refractivity contribution in [1.29, 1.82) is 5.41 Å². The van der Waals surface area contributed by atoms with Gasteiger partial charge in [-0.1, -0.05) is 18.2 Å². The van der Waals surface area contributed by atoms with Gasteiger partial charge in [0.25, 0.3) is 0 Å². The summed E-state index contributed by atoms with van der Waals surface area (Å²) in [7, 11) is 0. The summed E-state index contributed by atoms with van der Waals surface area (Å²) < 4.78 is 0. The zero-order chi connectivity index (χ0) is 9.84. The van der Waals surface area contributed by atoms with E-state index in [1.807, 2.05) is 13.0 Å². The highest BCUT2D eigenvalue weighted by molar-refractivity contribution is 5.82. The van der Waals surface area contributed by atoms with E-state index in [9.17, 15) is 0 Å². The van der Waals surface area contributed by atoms with Gasteiger partial charge in [0.05, 0.1) is 0 Å². The predicted molar refractivity (Wildman–Crippen MR) is 58.4 cm³/mol. The molecule has 0 spiro atoms. The maximum absolute atomic E-state index is 6.98. The Kier molecular flexibility index (Phi) is 3.02. The van der Waals surface area contributed by atoms with E-state index in [-0.39, 0.29) is 0 Å². The normalized spacial score (nSPS) is 11.5.